The highest BCUT2D eigenvalue weighted by Gasteiger charge is 2.25. The lowest BCUT2D eigenvalue weighted by molar-refractivity contribution is 0.0918. The van der Waals surface area contributed by atoms with Gasteiger partial charge in [-0.05, 0) is 50.0 Å². The number of thiophene rings is 1. The summed E-state index contributed by atoms with van der Waals surface area (Å²) in [4.78, 5) is 13.1. The Morgan fingerprint density at radius 2 is 2.23 bits per heavy atom. The molecule has 0 spiro atoms. The fourth-order valence-corrected chi connectivity index (χ4v) is 4.06. The lowest BCUT2D eigenvalue weighted by Gasteiger charge is -2.30. The van der Waals surface area contributed by atoms with Crippen molar-refractivity contribution in [2.45, 2.75) is 26.3 Å². The van der Waals surface area contributed by atoms with E-state index in [0.717, 1.165) is 29.8 Å². The second-order valence-electron chi connectivity index (χ2n) is 5.72. The van der Waals surface area contributed by atoms with Crippen LogP contribution in [0.5, 0.6) is 0 Å². The summed E-state index contributed by atoms with van der Waals surface area (Å²) in [6.07, 6.45) is 0.936. The number of rotatable bonds is 2. The van der Waals surface area contributed by atoms with Gasteiger partial charge in [0.25, 0.3) is 5.91 Å². The number of amides is 1. The van der Waals surface area contributed by atoms with Crippen molar-refractivity contribution in [2.75, 3.05) is 13.1 Å². The number of fused-ring (bicyclic) bond motifs is 1. The molecule has 0 saturated carbocycles. The van der Waals surface area contributed by atoms with E-state index in [1.165, 1.54) is 17.4 Å². The Kier molecular flexibility index (Phi) is 5.42. The van der Waals surface area contributed by atoms with Crippen LogP contribution in [0.1, 0.15) is 28.6 Å². The fourth-order valence-electron chi connectivity index (χ4n) is 2.93. The predicted molar refractivity (Wildman–Crippen MR) is 91.7 cm³/mol. The van der Waals surface area contributed by atoms with Gasteiger partial charge in [0.2, 0.25) is 0 Å². The fraction of sp³-hybridized carbons (Fsp3) is 0.438. The molecule has 2 aromatic rings. The van der Waals surface area contributed by atoms with Crippen LogP contribution in [0.4, 0.5) is 4.39 Å². The Hall–Kier alpha value is -1.17. The van der Waals surface area contributed by atoms with Gasteiger partial charge in [-0.15, -0.1) is 23.7 Å². The number of benzene rings is 1. The third-order valence-corrected chi connectivity index (χ3v) is 5.47. The first-order valence-electron chi connectivity index (χ1n) is 7.27. The minimum atomic E-state index is -0.254. The van der Waals surface area contributed by atoms with E-state index in [9.17, 15) is 9.18 Å². The summed E-state index contributed by atoms with van der Waals surface area (Å²) in [6, 6.07) is 5.18. The molecule has 3 rings (SSSR count). The molecule has 1 saturated heterocycles. The van der Waals surface area contributed by atoms with Crippen LogP contribution in [0.25, 0.3) is 10.1 Å². The number of nitrogens with one attached hydrogen (secondary N) is 2. The quantitative estimate of drug-likeness (QED) is 0.877. The second kappa shape index (κ2) is 6.94. The molecule has 3 nitrogen and oxygen atoms in total. The van der Waals surface area contributed by atoms with Crippen LogP contribution in [0.2, 0.25) is 0 Å². The van der Waals surface area contributed by atoms with Gasteiger partial charge in [0.15, 0.2) is 0 Å². The summed E-state index contributed by atoms with van der Waals surface area (Å²) in [5, 5.41) is 7.01. The molecule has 1 aliphatic heterocycles. The first kappa shape index (κ1) is 17.2. The minimum absolute atomic E-state index is 0. The molecule has 2 N–H and O–H groups in total. The minimum Gasteiger partial charge on any atom is -0.348 e. The number of carbonyl (C=O) groups excluding carboxylic acids is 1. The van der Waals surface area contributed by atoms with Crippen LogP contribution >= 0.6 is 23.7 Å². The van der Waals surface area contributed by atoms with Crippen molar-refractivity contribution in [3.8, 4) is 0 Å². The van der Waals surface area contributed by atoms with Gasteiger partial charge in [-0.25, -0.2) is 4.39 Å². The molecule has 6 heteroatoms. The highest BCUT2D eigenvalue weighted by molar-refractivity contribution is 7.21. The molecule has 0 aliphatic carbocycles. The number of aryl methyl sites for hydroxylation is 1. The average molecular weight is 343 g/mol. The average Bonchev–Trinajstić information content (AvgIpc) is 2.80. The largest absolute Gasteiger partial charge is 0.348 e. The number of carbonyl (C=O) groups is 1. The van der Waals surface area contributed by atoms with Crippen molar-refractivity contribution in [3.63, 3.8) is 0 Å². The highest BCUT2D eigenvalue weighted by atomic mass is 35.5. The second-order valence-corrected chi connectivity index (χ2v) is 6.77. The first-order chi connectivity index (χ1) is 10.1. The third kappa shape index (κ3) is 3.12. The summed E-state index contributed by atoms with van der Waals surface area (Å²) in [7, 11) is 0. The van der Waals surface area contributed by atoms with Gasteiger partial charge in [0.05, 0.1) is 4.88 Å². The zero-order chi connectivity index (χ0) is 15.0. The normalized spacial score (nSPS) is 21.4. The third-order valence-electron chi connectivity index (χ3n) is 4.21. The molecule has 1 aromatic heterocycles. The Morgan fingerprint density at radius 3 is 2.91 bits per heavy atom. The van der Waals surface area contributed by atoms with Crippen molar-refractivity contribution in [3.05, 3.63) is 34.5 Å². The number of hydrogen-bond donors (Lipinski definition) is 2. The highest BCUT2D eigenvalue weighted by Crippen LogP contribution is 2.32. The monoisotopic (exact) mass is 342 g/mol. The van der Waals surface area contributed by atoms with Gasteiger partial charge in [0.1, 0.15) is 5.82 Å². The summed E-state index contributed by atoms with van der Waals surface area (Å²) in [5.74, 6) is 0.0801. The first-order valence-corrected chi connectivity index (χ1v) is 8.08. The van der Waals surface area contributed by atoms with Crippen molar-refractivity contribution in [1.29, 1.82) is 0 Å². The zero-order valence-corrected chi connectivity index (χ0v) is 14.2. The van der Waals surface area contributed by atoms with E-state index in [1.807, 2.05) is 13.0 Å². The number of hydrogen-bond acceptors (Lipinski definition) is 3. The molecule has 2 atom stereocenters. The molecule has 1 aliphatic rings. The van der Waals surface area contributed by atoms with E-state index < -0.39 is 0 Å². The molecule has 22 heavy (non-hydrogen) atoms. The topological polar surface area (TPSA) is 41.1 Å². The molecular formula is C16H20ClFN2OS. The predicted octanol–water partition coefficient (Wildman–Crippen LogP) is 3.50. The van der Waals surface area contributed by atoms with Crippen LogP contribution in [0.15, 0.2) is 18.2 Å². The van der Waals surface area contributed by atoms with Crippen LogP contribution in [0.3, 0.4) is 0 Å². The lowest BCUT2D eigenvalue weighted by atomic mass is 9.95. The summed E-state index contributed by atoms with van der Waals surface area (Å²) in [6.45, 7) is 5.80. The van der Waals surface area contributed by atoms with Crippen LogP contribution in [0, 0.1) is 18.7 Å². The van der Waals surface area contributed by atoms with Crippen molar-refractivity contribution >= 4 is 39.7 Å². The smallest absolute Gasteiger partial charge is 0.261 e. The molecule has 1 amide bonds. The SMILES string of the molecule is Cc1c(C(=O)NC2CCNCC2C)sc2cccc(F)c12.Cl. The van der Waals surface area contributed by atoms with Crippen molar-refractivity contribution < 1.29 is 9.18 Å². The van der Waals surface area contributed by atoms with Crippen LogP contribution in [-0.4, -0.2) is 25.0 Å². The Bertz CT molecular complexity index is 688. The summed E-state index contributed by atoms with van der Waals surface area (Å²) < 4.78 is 14.7. The van der Waals surface area contributed by atoms with Gasteiger partial charge in [0, 0.05) is 16.1 Å². The van der Waals surface area contributed by atoms with E-state index >= 15 is 0 Å². The van der Waals surface area contributed by atoms with Gasteiger partial charge >= 0.3 is 0 Å². The summed E-state index contributed by atoms with van der Waals surface area (Å²) in [5.41, 5.74) is 0.743. The zero-order valence-electron chi connectivity index (χ0n) is 12.6. The maximum atomic E-state index is 13.9. The Morgan fingerprint density at radius 1 is 1.45 bits per heavy atom. The number of halogens is 2. The van der Waals surface area contributed by atoms with E-state index in [0.29, 0.717) is 16.2 Å². The van der Waals surface area contributed by atoms with E-state index in [2.05, 4.69) is 17.6 Å². The van der Waals surface area contributed by atoms with Gasteiger partial charge in [-0.3, -0.25) is 4.79 Å². The van der Waals surface area contributed by atoms with E-state index in [1.54, 1.807) is 6.07 Å². The molecule has 1 fully saturated rings. The maximum absolute atomic E-state index is 13.9. The Labute approximate surface area is 139 Å². The van der Waals surface area contributed by atoms with Gasteiger partial charge in [-0.2, -0.15) is 0 Å². The lowest BCUT2D eigenvalue weighted by Crippen LogP contribution is -2.48. The maximum Gasteiger partial charge on any atom is 0.261 e. The molecule has 120 valence electrons. The molecule has 2 heterocycles. The van der Waals surface area contributed by atoms with Crippen LogP contribution < -0.4 is 10.6 Å². The van der Waals surface area contributed by atoms with Crippen molar-refractivity contribution in [2.24, 2.45) is 5.92 Å². The van der Waals surface area contributed by atoms with E-state index in [-0.39, 0.29) is 30.2 Å². The van der Waals surface area contributed by atoms with Gasteiger partial charge in [-0.1, -0.05) is 13.0 Å². The standard InChI is InChI=1S/C16H19FN2OS.ClH/c1-9-8-18-7-6-12(9)19-16(20)15-10(2)14-11(17)4-3-5-13(14)21-15;/h3-5,9,12,18H,6-8H2,1-2H3,(H,19,20);1H. The molecule has 0 bridgehead atoms. The van der Waals surface area contributed by atoms with E-state index in [4.69, 9.17) is 0 Å². The Balaban J connectivity index is 0.00000176. The summed E-state index contributed by atoms with van der Waals surface area (Å²) >= 11 is 1.37. The molecule has 1 aromatic carbocycles. The number of piperidine rings is 1. The van der Waals surface area contributed by atoms with Gasteiger partial charge < -0.3 is 10.6 Å². The molecular weight excluding hydrogens is 323 g/mol. The van der Waals surface area contributed by atoms with Crippen molar-refractivity contribution in [1.82, 2.24) is 10.6 Å². The van der Waals surface area contributed by atoms with Crippen LogP contribution in [-0.2, 0) is 0 Å². The molecule has 0 radical (unpaired) electrons. The molecule has 2 unspecified atom stereocenters.